The van der Waals surface area contributed by atoms with E-state index < -0.39 is 35.7 Å². The van der Waals surface area contributed by atoms with Gasteiger partial charge >= 0.3 is 12.2 Å². The van der Waals surface area contributed by atoms with Gasteiger partial charge in [0.15, 0.2) is 0 Å². The van der Waals surface area contributed by atoms with Crippen LogP contribution in [0.4, 0.5) is 18.0 Å². The fourth-order valence-electron chi connectivity index (χ4n) is 7.48. The fourth-order valence-corrected chi connectivity index (χ4v) is 7.48. The first-order valence-electron chi connectivity index (χ1n) is 11.7. The first-order chi connectivity index (χ1) is 15.6. The molecule has 1 aromatic rings. The van der Waals surface area contributed by atoms with Crippen LogP contribution in [0, 0.1) is 23.2 Å². The molecular formula is C24H28F3N3O3. The standard InChI is InChI=1S/C24H28F3N3O3/c1-2-18(22-11-14-8-15(12-22)10-16(9-14)13-22)30-20(32)23(24(25,26)27,29-21(30)33)28-19(31)17-6-4-3-5-7-17/h3-7,14-16,18H,2,8-13H2,1H3,(H,28,31)(H,29,33)/t14?,15?,16?,18-,22?,23-/m1/s1. The minimum Gasteiger partial charge on any atom is -0.314 e. The summed E-state index contributed by atoms with van der Waals surface area (Å²) in [5, 5.41) is 3.66. The lowest BCUT2D eigenvalue weighted by Gasteiger charge is -2.60. The van der Waals surface area contributed by atoms with Gasteiger partial charge in [0.25, 0.3) is 17.5 Å². The van der Waals surface area contributed by atoms with Crippen LogP contribution in [-0.4, -0.2) is 40.6 Å². The van der Waals surface area contributed by atoms with Crippen molar-refractivity contribution in [2.45, 2.75) is 69.8 Å². The average molecular weight is 464 g/mol. The second kappa shape index (κ2) is 7.46. The van der Waals surface area contributed by atoms with Crippen LogP contribution in [0.15, 0.2) is 30.3 Å². The van der Waals surface area contributed by atoms with Gasteiger partial charge in [0.1, 0.15) is 0 Å². The lowest BCUT2D eigenvalue weighted by atomic mass is 9.47. The lowest BCUT2D eigenvalue weighted by Crippen LogP contribution is -2.70. The van der Waals surface area contributed by atoms with Crippen molar-refractivity contribution in [3.8, 4) is 0 Å². The largest absolute Gasteiger partial charge is 0.440 e. The van der Waals surface area contributed by atoms with Gasteiger partial charge in [-0.1, -0.05) is 25.1 Å². The Morgan fingerprint density at radius 3 is 2.12 bits per heavy atom. The topological polar surface area (TPSA) is 78.5 Å². The van der Waals surface area contributed by atoms with E-state index in [0.29, 0.717) is 24.2 Å². The van der Waals surface area contributed by atoms with Crippen LogP contribution in [0.3, 0.4) is 0 Å². The first-order valence-corrected chi connectivity index (χ1v) is 11.7. The lowest BCUT2D eigenvalue weighted by molar-refractivity contribution is -0.202. The molecule has 33 heavy (non-hydrogen) atoms. The zero-order valence-corrected chi connectivity index (χ0v) is 18.5. The van der Waals surface area contributed by atoms with Gasteiger partial charge < -0.3 is 5.32 Å². The summed E-state index contributed by atoms with van der Waals surface area (Å²) in [6.45, 7) is 1.82. The minimum absolute atomic E-state index is 0.0326. The number of nitrogens with one attached hydrogen (secondary N) is 2. The van der Waals surface area contributed by atoms with Crippen molar-refractivity contribution in [2.24, 2.45) is 23.2 Å². The number of urea groups is 1. The highest BCUT2D eigenvalue weighted by molar-refractivity contribution is 6.10. The molecule has 1 heterocycles. The Hall–Kier alpha value is -2.58. The molecule has 4 saturated carbocycles. The number of nitrogens with zero attached hydrogens (tertiary/aromatic N) is 1. The number of amides is 4. The Morgan fingerprint density at radius 2 is 1.64 bits per heavy atom. The smallest absolute Gasteiger partial charge is 0.314 e. The molecule has 0 aromatic heterocycles. The SMILES string of the molecule is CC[C@@H](N1C(=O)N[C@@](NC(=O)c2ccccc2)(C(F)(F)F)C1=O)C12CC3CC(CC(C3)C1)C2. The molecule has 1 aromatic carbocycles. The maximum Gasteiger partial charge on any atom is 0.440 e. The van der Waals surface area contributed by atoms with Crippen LogP contribution in [0.2, 0.25) is 0 Å². The molecule has 4 aliphatic carbocycles. The van der Waals surface area contributed by atoms with Gasteiger partial charge in [-0.05, 0) is 80.2 Å². The van der Waals surface area contributed by atoms with Crippen molar-refractivity contribution in [1.29, 1.82) is 0 Å². The molecule has 6 nitrogen and oxygen atoms in total. The van der Waals surface area contributed by atoms with Gasteiger partial charge in [-0.3, -0.25) is 19.8 Å². The van der Waals surface area contributed by atoms with Gasteiger partial charge in [0.2, 0.25) is 0 Å². The fraction of sp³-hybridized carbons (Fsp3) is 0.625. The number of carbonyl (C=O) groups is 3. The predicted molar refractivity (Wildman–Crippen MR) is 113 cm³/mol. The molecule has 4 bridgehead atoms. The van der Waals surface area contributed by atoms with Gasteiger partial charge in [-0.15, -0.1) is 0 Å². The van der Waals surface area contributed by atoms with Crippen molar-refractivity contribution >= 4 is 17.8 Å². The summed E-state index contributed by atoms with van der Waals surface area (Å²) < 4.78 is 43.0. The zero-order valence-electron chi connectivity index (χ0n) is 18.5. The summed E-state index contributed by atoms with van der Waals surface area (Å²) >= 11 is 0. The summed E-state index contributed by atoms with van der Waals surface area (Å²) in [6, 6.07) is 5.63. The third kappa shape index (κ3) is 3.34. The van der Waals surface area contributed by atoms with Gasteiger partial charge in [-0.25, -0.2) is 4.79 Å². The van der Waals surface area contributed by atoms with E-state index in [0.717, 1.165) is 43.4 Å². The molecule has 5 fully saturated rings. The highest BCUT2D eigenvalue weighted by Crippen LogP contribution is 2.62. The Balaban J connectivity index is 1.49. The summed E-state index contributed by atoms with van der Waals surface area (Å²) in [5.41, 5.74) is -3.86. The average Bonchev–Trinajstić information content (AvgIpc) is 2.99. The number of imide groups is 1. The molecule has 1 saturated heterocycles. The number of halogens is 3. The van der Waals surface area contributed by atoms with E-state index in [1.165, 1.54) is 24.3 Å². The van der Waals surface area contributed by atoms with E-state index in [2.05, 4.69) is 0 Å². The van der Waals surface area contributed by atoms with Crippen LogP contribution in [0.25, 0.3) is 0 Å². The molecule has 2 N–H and O–H groups in total. The van der Waals surface area contributed by atoms with Gasteiger partial charge in [0.05, 0.1) is 0 Å². The van der Waals surface area contributed by atoms with Crippen LogP contribution in [0.5, 0.6) is 0 Å². The Labute approximate surface area is 190 Å². The molecule has 2 atom stereocenters. The molecule has 5 aliphatic rings. The van der Waals surface area contributed by atoms with Crippen LogP contribution in [-0.2, 0) is 4.79 Å². The third-order valence-electron chi connectivity index (χ3n) is 8.31. The Morgan fingerprint density at radius 1 is 1.09 bits per heavy atom. The van der Waals surface area contributed by atoms with E-state index in [1.807, 2.05) is 17.6 Å². The maximum atomic E-state index is 14.3. The van der Waals surface area contributed by atoms with Crippen molar-refractivity contribution < 1.29 is 27.6 Å². The van der Waals surface area contributed by atoms with Crippen molar-refractivity contribution in [2.75, 3.05) is 0 Å². The molecule has 0 radical (unpaired) electrons. The first kappa shape index (κ1) is 22.2. The molecule has 178 valence electrons. The summed E-state index contributed by atoms with van der Waals surface area (Å²) in [4.78, 5) is 39.9. The molecular weight excluding hydrogens is 435 g/mol. The third-order valence-corrected chi connectivity index (χ3v) is 8.31. The number of benzene rings is 1. The molecule has 0 spiro atoms. The monoisotopic (exact) mass is 463 g/mol. The number of hydrogen-bond acceptors (Lipinski definition) is 3. The van der Waals surface area contributed by atoms with Crippen LogP contribution in [0.1, 0.15) is 62.2 Å². The summed E-state index contributed by atoms with van der Waals surface area (Å²) in [5.74, 6) is -0.984. The van der Waals surface area contributed by atoms with Gasteiger partial charge in [-0.2, -0.15) is 13.2 Å². The number of hydrogen-bond donors (Lipinski definition) is 2. The minimum atomic E-state index is -5.21. The second-order valence-electron chi connectivity index (χ2n) is 10.4. The van der Waals surface area contributed by atoms with E-state index in [-0.39, 0.29) is 11.0 Å². The summed E-state index contributed by atoms with van der Waals surface area (Å²) in [6.07, 6.45) is 1.09. The Kier molecular flexibility index (Phi) is 5.03. The number of alkyl halides is 3. The predicted octanol–water partition coefficient (Wildman–Crippen LogP) is 4.22. The maximum absolute atomic E-state index is 14.3. The normalized spacial score (nSPS) is 36.1. The van der Waals surface area contributed by atoms with E-state index >= 15 is 0 Å². The van der Waals surface area contributed by atoms with Crippen molar-refractivity contribution in [1.82, 2.24) is 15.5 Å². The van der Waals surface area contributed by atoms with Crippen LogP contribution < -0.4 is 10.6 Å². The van der Waals surface area contributed by atoms with E-state index in [9.17, 15) is 27.6 Å². The zero-order chi connectivity index (χ0) is 23.6. The van der Waals surface area contributed by atoms with Crippen molar-refractivity contribution in [3.63, 3.8) is 0 Å². The molecule has 4 amide bonds. The quantitative estimate of drug-likeness (QED) is 0.642. The van der Waals surface area contributed by atoms with Gasteiger partial charge in [0, 0.05) is 11.6 Å². The molecule has 0 unspecified atom stereocenters. The highest BCUT2D eigenvalue weighted by Gasteiger charge is 2.71. The summed E-state index contributed by atoms with van der Waals surface area (Å²) in [7, 11) is 0. The number of carbonyl (C=O) groups excluding carboxylic acids is 3. The van der Waals surface area contributed by atoms with E-state index in [1.54, 1.807) is 6.07 Å². The van der Waals surface area contributed by atoms with Crippen LogP contribution >= 0.6 is 0 Å². The number of rotatable bonds is 5. The second-order valence-corrected chi connectivity index (χ2v) is 10.4. The Bertz CT molecular complexity index is 945. The van der Waals surface area contributed by atoms with Crippen molar-refractivity contribution in [3.05, 3.63) is 35.9 Å². The molecule has 1 aliphatic heterocycles. The molecule has 9 heteroatoms. The van der Waals surface area contributed by atoms with E-state index in [4.69, 9.17) is 0 Å². The molecule has 6 rings (SSSR count). The highest BCUT2D eigenvalue weighted by atomic mass is 19.4.